The number of nitrogens with one attached hydrogen (secondary N) is 1. The van der Waals surface area contributed by atoms with Gasteiger partial charge >= 0.3 is 0 Å². The van der Waals surface area contributed by atoms with Gasteiger partial charge in [-0.3, -0.25) is 4.79 Å². The minimum Gasteiger partial charge on any atom is -0.545 e. The topological polar surface area (TPSA) is 115 Å². The maximum Gasteiger partial charge on any atom is 0.262 e. The van der Waals surface area contributed by atoms with Gasteiger partial charge in [0.2, 0.25) is 0 Å². The first-order chi connectivity index (χ1) is 13.5. The summed E-state index contributed by atoms with van der Waals surface area (Å²) in [5, 5.41) is 23.1. The molecular weight excluding hydrogens is 384 g/mol. The van der Waals surface area contributed by atoms with E-state index in [4.69, 9.17) is 20.8 Å². The van der Waals surface area contributed by atoms with Gasteiger partial charge in [-0.2, -0.15) is 5.26 Å². The van der Waals surface area contributed by atoms with Crippen LogP contribution in [0.2, 0.25) is 5.02 Å². The van der Waals surface area contributed by atoms with E-state index in [1.54, 1.807) is 18.2 Å². The molecule has 0 unspecified atom stereocenters. The lowest BCUT2D eigenvalue weighted by Crippen LogP contribution is -2.32. The van der Waals surface area contributed by atoms with E-state index in [0.717, 1.165) is 12.8 Å². The van der Waals surface area contributed by atoms with Crippen LogP contribution in [0.3, 0.4) is 0 Å². The quantitative estimate of drug-likeness (QED) is 0.587. The fraction of sp³-hybridized carbons (Fsp3) is 0.250. The van der Waals surface area contributed by atoms with Crippen molar-refractivity contribution in [2.45, 2.75) is 18.9 Å². The van der Waals surface area contributed by atoms with Crippen LogP contribution in [0.5, 0.6) is 0 Å². The molecule has 2 heterocycles. The number of benzene rings is 1. The lowest BCUT2D eigenvalue weighted by atomic mass is 10.1. The summed E-state index contributed by atoms with van der Waals surface area (Å²) in [6.45, 7) is 1.03. The Balaban J connectivity index is 1.74. The Labute approximate surface area is 166 Å². The Morgan fingerprint density at radius 1 is 1.36 bits per heavy atom. The molecule has 1 aliphatic rings. The number of carboxylic acids is 1. The fourth-order valence-corrected chi connectivity index (χ4v) is 3.01. The van der Waals surface area contributed by atoms with Gasteiger partial charge in [0.15, 0.2) is 0 Å². The smallest absolute Gasteiger partial charge is 0.262 e. The van der Waals surface area contributed by atoms with Gasteiger partial charge in [-0.05, 0) is 43.2 Å². The van der Waals surface area contributed by atoms with Crippen molar-refractivity contribution in [2.75, 3.05) is 13.2 Å². The highest BCUT2D eigenvalue weighted by Gasteiger charge is 2.18. The lowest BCUT2D eigenvalue weighted by molar-refractivity contribution is -0.255. The molecule has 0 aliphatic carbocycles. The van der Waals surface area contributed by atoms with Crippen LogP contribution in [0.15, 0.2) is 40.3 Å². The van der Waals surface area contributed by atoms with Crippen LogP contribution in [-0.4, -0.2) is 31.1 Å². The van der Waals surface area contributed by atoms with Gasteiger partial charge in [0, 0.05) is 35.4 Å². The highest BCUT2D eigenvalue weighted by atomic mass is 35.5. The zero-order chi connectivity index (χ0) is 20.1. The number of aromatic carboxylic acids is 1. The van der Waals surface area contributed by atoms with Crippen molar-refractivity contribution in [1.82, 2.24) is 5.32 Å². The third kappa shape index (κ3) is 4.60. The standard InChI is InChI=1S/C20H17ClN2O5/c21-17-5-3-12(9-16(17)20(25)26)18-6-4-14(28-18)8-13(10-22)19(24)23-11-15-2-1-7-27-15/h3-6,8-9,15H,1-2,7,11H2,(H,23,24)(H,25,26)/p-1/b13-8+/t15-/m1/s1. The number of furan rings is 1. The molecule has 1 atom stereocenters. The largest absolute Gasteiger partial charge is 0.545 e. The monoisotopic (exact) mass is 399 g/mol. The molecular formula is C20H16ClN2O5-. The third-order valence-corrected chi connectivity index (χ3v) is 4.59. The second-order valence-corrected chi connectivity index (χ2v) is 6.61. The van der Waals surface area contributed by atoms with Crippen molar-refractivity contribution in [1.29, 1.82) is 5.26 Å². The second kappa shape index (κ2) is 8.74. The minimum absolute atomic E-state index is 0.0260. The summed E-state index contributed by atoms with van der Waals surface area (Å²) in [7, 11) is 0. The Morgan fingerprint density at radius 2 is 2.18 bits per heavy atom. The molecule has 0 bridgehead atoms. The number of halogens is 1. The molecule has 8 heteroatoms. The maximum atomic E-state index is 12.2. The number of nitriles is 1. The van der Waals surface area contributed by atoms with E-state index in [1.165, 1.54) is 18.2 Å². The first-order valence-corrected chi connectivity index (χ1v) is 8.98. The minimum atomic E-state index is -1.40. The molecule has 7 nitrogen and oxygen atoms in total. The van der Waals surface area contributed by atoms with E-state index < -0.39 is 11.9 Å². The summed E-state index contributed by atoms with van der Waals surface area (Å²) in [6.07, 6.45) is 3.13. The Kier molecular flexibility index (Phi) is 6.14. The molecule has 2 aromatic rings. The maximum absolute atomic E-state index is 12.2. The van der Waals surface area contributed by atoms with Gasteiger partial charge in [0.05, 0.1) is 12.1 Å². The highest BCUT2D eigenvalue weighted by Crippen LogP contribution is 2.27. The van der Waals surface area contributed by atoms with E-state index in [2.05, 4.69) is 5.32 Å². The number of hydrogen-bond donors (Lipinski definition) is 1. The van der Waals surface area contributed by atoms with Crippen molar-refractivity contribution < 1.29 is 23.8 Å². The zero-order valence-corrected chi connectivity index (χ0v) is 15.5. The van der Waals surface area contributed by atoms with Crippen LogP contribution in [-0.2, 0) is 9.53 Å². The highest BCUT2D eigenvalue weighted by molar-refractivity contribution is 6.33. The number of carbonyl (C=O) groups excluding carboxylic acids is 2. The van der Waals surface area contributed by atoms with E-state index in [-0.39, 0.29) is 28.0 Å². The number of ether oxygens (including phenoxy) is 1. The molecule has 144 valence electrons. The number of nitrogens with zero attached hydrogens (tertiary/aromatic N) is 1. The van der Waals surface area contributed by atoms with Crippen LogP contribution in [0, 0.1) is 11.3 Å². The predicted octanol–water partition coefficient (Wildman–Crippen LogP) is 2.17. The average Bonchev–Trinajstić information content (AvgIpc) is 3.36. The first kappa shape index (κ1) is 19.7. The van der Waals surface area contributed by atoms with Crippen molar-refractivity contribution in [3.63, 3.8) is 0 Å². The normalized spacial score (nSPS) is 16.6. The third-order valence-electron chi connectivity index (χ3n) is 4.26. The summed E-state index contributed by atoms with van der Waals surface area (Å²) in [4.78, 5) is 23.3. The Bertz CT molecular complexity index is 967. The molecule has 1 amide bonds. The summed E-state index contributed by atoms with van der Waals surface area (Å²) in [5.41, 5.74) is 0.217. The van der Waals surface area contributed by atoms with Crippen LogP contribution in [0.25, 0.3) is 17.4 Å². The van der Waals surface area contributed by atoms with Crippen LogP contribution >= 0.6 is 11.6 Å². The lowest BCUT2D eigenvalue weighted by Gasteiger charge is -2.09. The number of amides is 1. The number of carbonyl (C=O) groups is 2. The molecule has 1 saturated heterocycles. The van der Waals surface area contributed by atoms with Crippen molar-refractivity contribution >= 4 is 29.6 Å². The summed E-state index contributed by atoms with van der Waals surface area (Å²) >= 11 is 5.83. The molecule has 0 spiro atoms. The van der Waals surface area contributed by atoms with Crippen molar-refractivity contribution in [2.24, 2.45) is 0 Å². The van der Waals surface area contributed by atoms with E-state index >= 15 is 0 Å². The molecule has 28 heavy (non-hydrogen) atoms. The predicted molar refractivity (Wildman–Crippen MR) is 99.1 cm³/mol. The molecule has 1 aromatic heterocycles. The summed E-state index contributed by atoms with van der Waals surface area (Å²) in [6, 6.07) is 9.40. The number of hydrogen-bond acceptors (Lipinski definition) is 6. The average molecular weight is 400 g/mol. The van der Waals surface area contributed by atoms with Gasteiger partial charge in [-0.1, -0.05) is 11.6 Å². The Hall–Kier alpha value is -3.08. The van der Waals surface area contributed by atoms with Gasteiger partial charge < -0.3 is 24.4 Å². The van der Waals surface area contributed by atoms with Crippen molar-refractivity contribution in [3.05, 3.63) is 52.3 Å². The summed E-state index contributed by atoms with van der Waals surface area (Å²) in [5.74, 6) is -1.26. The molecule has 1 fully saturated rings. The van der Waals surface area contributed by atoms with Gasteiger partial charge in [0.25, 0.3) is 5.91 Å². The molecule has 1 aromatic carbocycles. The Morgan fingerprint density at radius 3 is 2.86 bits per heavy atom. The molecule has 3 rings (SSSR count). The van der Waals surface area contributed by atoms with Gasteiger partial charge in [-0.15, -0.1) is 0 Å². The van der Waals surface area contributed by atoms with E-state index in [1.807, 2.05) is 6.07 Å². The number of carboxylic acid groups (broad SMARTS) is 1. The molecule has 1 N–H and O–H groups in total. The number of rotatable bonds is 6. The van der Waals surface area contributed by atoms with Crippen molar-refractivity contribution in [3.8, 4) is 17.4 Å². The second-order valence-electron chi connectivity index (χ2n) is 6.20. The SMILES string of the molecule is N#C/C(=C\c1ccc(-c2ccc(Cl)c(C(=O)[O-])c2)o1)C(=O)NC[C@H]1CCCO1. The van der Waals surface area contributed by atoms with E-state index in [9.17, 15) is 20.0 Å². The van der Waals surface area contributed by atoms with Crippen LogP contribution < -0.4 is 10.4 Å². The van der Waals surface area contributed by atoms with E-state index in [0.29, 0.717) is 24.5 Å². The van der Waals surface area contributed by atoms with Gasteiger partial charge in [0.1, 0.15) is 23.2 Å². The fourth-order valence-electron chi connectivity index (χ4n) is 2.82. The zero-order valence-electron chi connectivity index (χ0n) is 14.7. The molecule has 1 aliphatic heterocycles. The first-order valence-electron chi connectivity index (χ1n) is 8.60. The molecule has 0 saturated carbocycles. The molecule has 0 radical (unpaired) electrons. The summed E-state index contributed by atoms with van der Waals surface area (Å²) < 4.78 is 11.0. The van der Waals surface area contributed by atoms with Crippen LogP contribution in [0.1, 0.15) is 29.0 Å². The van der Waals surface area contributed by atoms with Crippen LogP contribution in [0.4, 0.5) is 0 Å². The van der Waals surface area contributed by atoms with Gasteiger partial charge in [-0.25, -0.2) is 0 Å².